The average molecular weight is 334 g/mol. The summed E-state index contributed by atoms with van der Waals surface area (Å²) in [5, 5.41) is 19.5. The minimum Gasteiger partial charge on any atom is -0.504 e. The Hall–Kier alpha value is -1.16. The van der Waals surface area contributed by atoms with E-state index in [9.17, 15) is 19.8 Å². The topological polar surface area (TPSA) is 74.6 Å². The highest BCUT2D eigenvalue weighted by Crippen LogP contribution is 2.66. The Balaban J connectivity index is 1.96. The van der Waals surface area contributed by atoms with E-state index in [1.54, 1.807) is 0 Å². The maximum absolute atomic E-state index is 12.3. The summed E-state index contributed by atoms with van der Waals surface area (Å²) in [6.45, 7) is 8.00. The molecule has 24 heavy (non-hydrogen) atoms. The molecule has 0 unspecified atom stereocenters. The minimum absolute atomic E-state index is 0.0138. The van der Waals surface area contributed by atoms with Crippen molar-refractivity contribution in [2.75, 3.05) is 6.61 Å². The highest BCUT2D eigenvalue weighted by molar-refractivity contribution is 5.95. The molecule has 0 radical (unpaired) electrons. The van der Waals surface area contributed by atoms with Gasteiger partial charge in [0, 0.05) is 11.8 Å². The highest BCUT2D eigenvalue weighted by atomic mass is 16.3. The van der Waals surface area contributed by atoms with Crippen LogP contribution in [-0.2, 0) is 9.59 Å². The van der Waals surface area contributed by atoms with Gasteiger partial charge in [-0.2, -0.15) is 0 Å². The number of carbonyl (C=O) groups is 2. The quantitative estimate of drug-likeness (QED) is 0.809. The largest absolute Gasteiger partial charge is 0.504 e. The first-order chi connectivity index (χ1) is 11.1. The van der Waals surface area contributed by atoms with E-state index in [4.69, 9.17) is 0 Å². The van der Waals surface area contributed by atoms with Gasteiger partial charge in [-0.3, -0.25) is 9.59 Å². The number of rotatable bonds is 2. The predicted octanol–water partition coefficient (Wildman–Crippen LogP) is 3.58. The Morgan fingerprint density at radius 3 is 2.50 bits per heavy atom. The van der Waals surface area contributed by atoms with Crippen molar-refractivity contribution >= 4 is 11.6 Å². The lowest BCUT2D eigenvalue weighted by molar-refractivity contribution is -0.148. The molecule has 0 heterocycles. The van der Waals surface area contributed by atoms with Gasteiger partial charge in [0.15, 0.2) is 17.3 Å². The fraction of sp³-hybridized carbons (Fsp3) is 0.800. The van der Waals surface area contributed by atoms with Gasteiger partial charge in [-0.15, -0.1) is 0 Å². The first-order valence-electron chi connectivity index (χ1n) is 9.16. The molecule has 5 atom stereocenters. The van der Waals surface area contributed by atoms with E-state index < -0.39 is 5.41 Å². The zero-order valence-electron chi connectivity index (χ0n) is 15.3. The van der Waals surface area contributed by atoms with Crippen molar-refractivity contribution < 1.29 is 19.8 Å². The van der Waals surface area contributed by atoms with Gasteiger partial charge < -0.3 is 10.2 Å². The number of ketones is 2. The van der Waals surface area contributed by atoms with E-state index in [0.717, 1.165) is 37.7 Å². The Kier molecular flexibility index (Phi) is 3.99. The van der Waals surface area contributed by atoms with Gasteiger partial charge in [-0.1, -0.05) is 20.8 Å². The lowest BCUT2D eigenvalue weighted by Crippen LogP contribution is -2.56. The number of aliphatic hydroxyl groups excluding tert-OH is 2. The van der Waals surface area contributed by atoms with Crippen molar-refractivity contribution in [3.8, 4) is 0 Å². The first kappa shape index (κ1) is 17.7. The second kappa shape index (κ2) is 5.42. The zero-order chi connectivity index (χ0) is 17.9. The fourth-order valence-corrected chi connectivity index (χ4v) is 6.01. The summed E-state index contributed by atoms with van der Waals surface area (Å²) >= 11 is 0. The van der Waals surface area contributed by atoms with Crippen molar-refractivity contribution in [3.05, 3.63) is 11.3 Å². The van der Waals surface area contributed by atoms with Gasteiger partial charge in [0.2, 0.25) is 0 Å². The molecular formula is C20H30O4. The molecule has 4 nitrogen and oxygen atoms in total. The zero-order valence-corrected chi connectivity index (χ0v) is 15.3. The number of carbonyl (C=O) groups excluding carboxylic acids is 2. The van der Waals surface area contributed by atoms with E-state index in [2.05, 4.69) is 13.8 Å². The van der Waals surface area contributed by atoms with Crippen LogP contribution in [0.25, 0.3) is 0 Å². The van der Waals surface area contributed by atoms with Gasteiger partial charge in [0.25, 0.3) is 0 Å². The Morgan fingerprint density at radius 2 is 1.88 bits per heavy atom. The van der Waals surface area contributed by atoms with Crippen LogP contribution in [0.15, 0.2) is 11.3 Å². The number of hydrogen-bond acceptors (Lipinski definition) is 4. The monoisotopic (exact) mass is 334 g/mol. The molecule has 2 fully saturated rings. The summed E-state index contributed by atoms with van der Waals surface area (Å²) in [4.78, 5) is 24.5. The molecular weight excluding hydrogens is 304 g/mol. The maximum atomic E-state index is 12.3. The van der Waals surface area contributed by atoms with Crippen LogP contribution in [0, 0.1) is 28.1 Å². The summed E-state index contributed by atoms with van der Waals surface area (Å²) in [5.74, 6) is 0.418. The molecule has 0 spiro atoms. The van der Waals surface area contributed by atoms with Crippen molar-refractivity contribution in [1.82, 2.24) is 0 Å². The summed E-state index contributed by atoms with van der Waals surface area (Å²) in [5.41, 5.74) is 0.305. The molecule has 0 bridgehead atoms. The number of aliphatic hydroxyl groups is 2. The third-order valence-corrected chi connectivity index (χ3v) is 8.10. The van der Waals surface area contributed by atoms with E-state index in [-0.39, 0.29) is 40.7 Å². The van der Waals surface area contributed by atoms with E-state index in [1.807, 2.05) is 13.8 Å². The summed E-state index contributed by atoms with van der Waals surface area (Å²) < 4.78 is 0. The van der Waals surface area contributed by atoms with Gasteiger partial charge in [0.05, 0.1) is 0 Å². The SMILES string of the molecule is CC1=C(O)C(=O)C[C@@H]2[C@@]3(C)CC[C@](C)(C(=O)CO)C[C@@H]3CC[C@]12C. The fourth-order valence-electron chi connectivity index (χ4n) is 6.01. The van der Waals surface area contributed by atoms with Crippen LogP contribution in [-0.4, -0.2) is 28.4 Å². The van der Waals surface area contributed by atoms with Crippen molar-refractivity contribution in [2.45, 2.75) is 66.2 Å². The average Bonchev–Trinajstić information content (AvgIpc) is 2.56. The Morgan fingerprint density at radius 1 is 1.21 bits per heavy atom. The van der Waals surface area contributed by atoms with Gasteiger partial charge >= 0.3 is 0 Å². The normalized spacial score (nSPS) is 45.6. The van der Waals surface area contributed by atoms with Crippen molar-refractivity contribution in [1.29, 1.82) is 0 Å². The Labute approximate surface area is 144 Å². The number of fused-ring (bicyclic) bond motifs is 3. The molecule has 3 aliphatic rings. The molecule has 2 N–H and O–H groups in total. The molecule has 0 amide bonds. The molecule has 0 aliphatic heterocycles. The molecule has 3 aliphatic carbocycles. The molecule has 3 rings (SSSR count). The third kappa shape index (κ3) is 2.22. The van der Waals surface area contributed by atoms with E-state index in [0.29, 0.717) is 12.3 Å². The predicted molar refractivity (Wildman–Crippen MR) is 91.4 cm³/mol. The van der Waals surface area contributed by atoms with Crippen LogP contribution in [0.3, 0.4) is 0 Å². The van der Waals surface area contributed by atoms with Crippen LogP contribution < -0.4 is 0 Å². The molecule has 0 aromatic carbocycles. The minimum atomic E-state index is -0.432. The third-order valence-electron chi connectivity index (χ3n) is 8.10. The summed E-state index contributed by atoms with van der Waals surface area (Å²) in [6.07, 6.45) is 4.85. The van der Waals surface area contributed by atoms with Gasteiger partial charge in [-0.05, 0) is 67.3 Å². The standard InChI is InChI=1S/C20H30O4/c1-12-17(24)14(22)9-15-19(12,3)6-5-13-10-18(2,16(23)11-21)7-8-20(13,15)4/h13,15,21,24H,5-11H2,1-4H3/t13-,15-,18-,19+,20-/m0/s1. The van der Waals surface area contributed by atoms with Crippen LogP contribution in [0.5, 0.6) is 0 Å². The van der Waals surface area contributed by atoms with Crippen LogP contribution >= 0.6 is 0 Å². The smallest absolute Gasteiger partial charge is 0.197 e. The second-order valence-electron chi connectivity index (χ2n) is 9.16. The van der Waals surface area contributed by atoms with Crippen LogP contribution in [0.1, 0.15) is 66.2 Å². The van der Waals surface area contributed by atoms with Crippen LogP contribution in [0.4, 0.5) is 0 Å². The lowest BCUT2D eigenvalue weighted by Gasteiger charge is -2.61. The number of allylic oxidation sites excluding steroid dienone is 2. The molecule has 2 saturated carbocycles. The van der Waals surface area contributed by atoms with E-state index in [1.165, 1.54) is 0 Å². The Bertz CT molecular complexity index is 621. The summed E-state index contributed by atoms with van der Waals surface area (Å²) in [7, 11) is 0. The highest BCUT2D eigenvalue weighted by Gasteiger charge is 2.60. The summed E-state index contributed by atoms with van der Waals surface area (Å²) in [6, 6.07) is 0. The molecule has 0 aromatic rings. The molecule has 0 saturated heterocycles. The molecule has 4 heteroatoms. The maximum Gasteiger partial charge on any atom is 0.197 e. The number of hydrogen-bond donors (Lipinski definition) is 2. The first-order valence-corrected chi connectivity index (χ1v) is 9.16. The second-order valence-corrected chi connectivity index (χ2v) is 9.16. The van der Waals surface area contributed by atoms with Crippen molar-refractivity contribution in [2.24, 2.45) is 28.1 Å². The lowest BCUT2D eigenvalue weighted by atomic mass is 9.42. The number of Topliss-reactive ketones (excluding diaryl/α,β-unsaturated/α-hetero) is 2. The van der Waals surface area contributed by atoms with Crippen LogP contribution in [0.2, 0.25) is 0 Å². The van der Waals surface area contributed by atoms with Crippen molar-refractivity contribution in [3.63, 3.8) is 0 Å². The molecule has 134 valence electrons. The van der Waals surface area contributed by atoms with E-state index >= 15 is 0 Å². The molecule has 0 aromatic heterocycles. The van der Waals surface area contributed by atoms with Gasteiger partial charge in [-0.25, -0.2) is 0 Å². The van der Waals surface area contributed by atoms with Gasteiger partial charge in [0.1, 0.15) is 6.61 Å².